The van der Waals surface area contributed by atoms with Crippen LogP contribution in [0.3, 0.4) is 0 Å². The maximum absolute atomic E-state index is 12.8. The van der Waals surface area contributed by atoms with Crippen molar-refractivity contribution in [2.24, 2.45) is 5.73 Å². The number of amidine groups is 1. The van der Waals surface area contributed by atoms with Crippen LogP contribution in [0.5, 0.6) is 0 Å². The molecule has 0 fully saturated rings. The van der Waals surface area contributed by atoms with E-state index in [4.69, 9.17) is 11.1 Å². The van der Waals surface area contributed by atoms with Gasteiger partial charge in [-0.3, -0.25) is 10.2 Å². The Kier molecular flexibility index (Phi) is 5.61. The molecule has 2 atom stereocenters. The summed E-state index contributed by atoms with van der Waals surface area (Å²) >= 11 is 0. The van der Waals surface area contributed by atoms with Gasteiger partial charge in [-0.05, 0) is 51.9 Å². The Bertz CT molecular complexity index is 1150. The summed E-state index contributed by atoms with van der Waals surface area (Å²) in [4.78, 5) is 12.8. The molecule has 0 radical (unpaired) electrons. The maximum Gasteiger partial charge on any atom is 0.251 e. The molecular weight excluding hydrogens is 386 g/mol. The number of rotatable bonds is 5. The van der Waals surface area contributed by atoms with Crippen molar-refractivity contribution in [2.45, 2.75) is 38.8 Å². The molecule has 0 aromatic heterocycles. The fraction of sp³-hybridized carbons (Fsp3) is 0.231. The minimum absolute atomic E-state index is 0.0218. The van der Waals surface area contributed by atoms with Crippen LogP contribution in [0.2, 0.25) is 0 Å². The monoisotopic (exact) mass is 413 g/mol. The van der Waals surface area contributed by atoms with E-state index in [1.54, 1.807) is 18.2 Å². The molecule has 5 nitrogen and oxygen atoms in total. The standard InChI is InChI=1S/C26H27N3O2/c1-3-16-6-10-20-22(12-16)15(2)23-13-19(9-11-21(23)24(20)30)26(31)29-14-17-4-7-18(8-5-17)25(27)28/h4-13,15,24,30H,3,14H2,1-2H3,(H3,27,28)(H,29,31)/t15-,24+/m1/s1. The van der Waals surface area contributed by atoms with Gasteiger partial charge in [-0.2, -0.15) is 0 Å². The van der Waals surface area contributed by atoms with Gasteiger partial charge in [0.25, 0.3) is 5.91 Å². The van der Waals surface area contributed by atoms with E-state index in [1.165, 1.54) is 5.56 Å². The summed E-state index contributed by atoms with van der Waals surface area (Å²) < 4.78 is 0. The quantitative estimate of drug-likeness (QED) is 0.376. The number of carbonyl (C=O) groups excluding carboxylic acids is 1. The third-order valence-electron chi connectivity index (χ3n) is 6.15. The molecule has 4 rings (SSSR count). The molecule has 0 saturated heterocycles. The van der Waals surface area contributed by atoms with Crippen molar-refractivity contribution in [3.05, 3.63) is 105 Å². The first-order valence-corrected chi connectivity index (χ1v) is 10.5. The van der Waals surface area contributed by atoms with Crippen LogP contribution >= 0.6 is 0 Å². The Labute approximate surface area is 182 Å². The average Bonchev–Trinajstić information content (AvgIpc) is 2.80. The Morgan fingerprint density at radius 2 is 1.52 bits per heavy atom. The van der Waals surface area contributed by atoms with Crippen molar-refractivity contribution in [3.63, 3.8) is 0 Å². The molecule has 1 amide bonds. The number of nitrogens with one attached hydrogen (secondary N) is 2. The SMILES string of the molecule is CCc1ccc2c(c1)[C@@H](C)c1cc(C(=O)NCc3ccc(C(=N)N)cc3)ccc1[C@H]2O. The molecule has 0 spiro atoms. The zero-order valence-electron chi connectivity index (χ0n) is 17.8. The lowest BCUT2D eigenvalue weighted by atomic mass is 9.76. The summed E-state index contributed by atoms with van der Waals surface area (Å²) in [7, 11) is 0. The highest BCUT2D eigenvalue weighted by Gasteiger charge is 2.29. The average molecular weight is 414 g/mol. The van der Waals surface area contributed by atoms with E-state index in [2.05, 4.69) is 31.3 Å². The van der Waals surface area contributed by atoms with Gasteiger partial charge < -0.3 is 16.2 Å². The van der Waals surface area contributed by atoms with Gasteiger partial charge in [0, 0.05) is 23.6 Å². The number of aliphatic hydroxyl groups is 1. The Morgan fingerprint density at radius 3 is 2.16 bits per heavy atom. The normalized spacial score (nSPS) is 16.9. The molecule has 0 heterocycles. The topological polar surface area (TPSA) is 99.2 Å². The van der Waals surface area contributed by atoms with Crippen LogP contribution in [-0.2, 0) is 13.0 Å². The van der Waals surface area contributed by atoms with Crippen LogP contribution in [0, 0.1) is 5.41 Å². The number of aliphatic hydroxyl groups excluding tert-OH is 1. The predicted molar refractivity (Wildman–Crippen MR) is 122 cm³/mol. The molecule has 3 aromatic carbocycles. The number of nitrogens with two attached hydrogens (primary N) is 1. The van der Waals surface area contributed by atoms with Gasteiger partial charge in [0.15, 0.2) is 0 Å². The van der Waals surface area contributed by atoms with Gasteiger partial charge in [0.2, 0.25) is 0 Å². The molecule has 158 valence electrons. The van der Waals surface area contributed by atoms with E-state index in [9.17, 15) is 9.90 Å². The summed E-state index contributed by atoms with van der Waals surface area (Å²) in [5.74, 6) is -0.0337. The van der Waals surface area contributed by atoms with Crippen molar-refractivity contribution in [3.8, 4) is 0 Å². The van der Waals surface area contributed by atoms with Crippen LogP contribution in [0.1, 0.15) is 75.2 Å². The third kappa shape index (κ3) is 3.97. The lowest BCUT2D eigenvalue weighted by Crippen LogP contribution is -2.24. The number of hydrogen-bond donors (Lipinski definition) is 4. The first-order chi connectivity index (χ1) is 14.9. The number of carbonyl (C=O) groups is 1. The highest BCUT2D eigenvalue weighted by Crippen LogP contribution is 2.42. The summed E-state index contributed by atoms with van der Waals surface area (Å²) in [6.45, 7) is 4.63. The molecule has 3 aromatic rings. The molecule has 1 aliphatic rings. The molecule has 0 saturated carbocycles. The largest absolute Gasteiger partial charge is 0.384 e. The lowest BCUT2D eigenvalue weighted by molar-refractivity contribution is 0.0950. The molecule has 5 heteroatoms. The summed E-state index contributed by atoms with van der Waals surface area (Å²) in [5, 5.41) is 21.3. The second kappa shape index (κ2) is 8.36. The van der Waals surface area contributed by atoms with Crippen LogP contribution < -0.4 is 11.1 Å². The predicted octanol–water partition coefficient (Wildman–Crippen LogP) is 4.01. The zero-order valence-corrected chi connectivity index (χ0v) is 17.8. The number of fused-ring (bicyclic) bond motifs is 2. The van der Waals surface area contributed by atoms with Crippen LogP contribution in [0.4, 0.5) is 0 Å². The van der Waals surface area contributed by atoms with Gasteiger partial charge in [-0.25, -0.2) is 0 Å². The molecule has 31 heavy (non-hydrogen) atoms. The Hall–Kier alpha value is -3.44. The maximum atomic E-state index is 12.8. The highest BCUT2D eigenvalue weighted by molar-refractivity contribution is 5.95. The van der Waals surface area contributed by atoms with E-state index in [1.807, 2.05) is 30.3 Å². The number of benzene rings is 3. The van der Waals surface area contributed by atoms with Crippen molar-refractivity contribution >= 4 is 11.7 Å². The third-order valence-corrected chi connectivity index (χ3v) is 6.15. The van der Waals surface area contributed by atoms with Gasteiger partial charge in [-0.1, -0.05) is 62.4 Å². The van der Waals surface area contributed by atoms with E-state index >= 15 is 0 Å². The van der Waals surface area contributed by atoms with Gasteiger partial charge in [-0.15, -0.1) is 0 Å². The van der Waals surface area contributed by atoms with E-state index in [0.29, 0.717) is 17.7 Å². The van der Waals surface area contributed by atoms with Crippen LogP contribution in [0.15, 0.2) is 60.7 Å². The number of amides is 1. The van der Waals surface area contributed by atoms with Crippen molar-refractivity contribution in [1.29, 1.82) is 5.41 Å². The molecule has 0 bridgehead atoms. The van der Waals surface area contributed by atoms with Crippen molar-refractivity contribution in [2.75, 3.05) is 0 Å². The minimum Gasteiger partial charge on any atom is -0.384 e. The van der Waals surface area contributed by atoms with Crippen LogP contribution in [-0.4, -0.2) is 16.8 Å². The summed E-state index contributed by atoms with van der Waals surface area (Å²) in [6.07, 6.45) is 0.266. The van der Waals surface area contributed by atoms with Crippen molar-refractivity contribution in [1.82, 2.24) is 5.32 Å². The summed E-state index contributed by atoms with van der Waals surface area (Å²) in [5.41, 5.74) is 12.8. The smallest absolute Gasteiger partial charge is 0.251 e. The van der Waals surface area contributed by atoms with E-state index in [0.717, 1.165) is 34.2 Å². The molecular formula is C26H27N3O2. The molecule has 1 aliphatic carbocycles. The van der Waals surface area contributed by atoms with E-state index in [-0.39, 0.29) is 17.7 Å². The molecule has 5 N–H and O–H groups in total. The zero-order chi connectivity index (χ0) is 22.1. The molecule has 0 aliphatic heterocycles. The highest BCUT2D eigenvalue weighted by atomic mass is 16.3. The number of nitrogen functional groups attached to an aromatic ring is 1. The van der Waals surface area contributed by atoms with Crippen molar-refractivity contribution < 1.29 is 9.90 Å². The summed E-state index contributed by atoms with van der Waals surface area (Å²) in [6, 6.07) is 19.1. The Balaban J connectivity index is 1.54. The van der Waals surface area contributed by atoms with Gasteiger partial charge in [0.05, 0.1) is 0 Å². The number of hydrogen-bond acceptors (Lipinski definition) is 3. The first-order valence-electron chi connectivity index (χ1n) is 10.5. The molecule has 0 unspecified atom stereocenters. The number of aryl methyl sites for hydroxylation is 1. The van der Waals surface area contributed by atoms with Crippen LogP contribution in [0.25, 0.3) is 0 Å². The fourth-order valence-corrected chi connectivity index (χ4v) is 4.23. The minimum atomic E-state index is -0.677. The van der Waals surface area contributed by atoms with Gasteiger partial charge >= 0.3 is 0 Å². The fourth-order valence-electron chi connectivity index (χ4n) is 4.23. The first kappa shape index (κ1) is 20.8. The van der Waals surface area contributed by atoms with Gasteiger partial charge in [0.1, 0.15) is 11.9 Å². The van der Waals surface area contributed by atoms with E-state index < -0.39 is 6.10 Å². The Morgan fingerprint density at radius 1 is 0.935 bits per heavy atom. The lowest BCUT2D eigenvalue weighted by Gasteiger charge is -2.30. The second-order valence-electron chi connectivity index (χ2n) is 8.08. The second-order valence-corrected chi connectivity index (χ2v) is 8.08.